The Morgan fingerprint density at radius 2 is 1.92 bits per heavy atom. The number of likely N-dealkylation sites (tertiary alicyclic amines) is 1. The lowest BCUT2D eigenvalue weighted by Gasteiger charge is -2.32. The van der Waals surface area contributed by atoms with Crippen LogP contribution < -0.4 is 5.32 Å². The predicted octanol–water partition coefficient (Wildman–Crippen LogP) is 2.82. The smallest absolute Gasteiger partial charge is 0.271 e. The largest absolute Gasteiger partial charge is 0.337 e. The number of hydrogen-bond acceptors (Lipinski definition) is 3. The fraction of sp³-hybridized carbons (Fsp3) is 0.474. The van der Waals surface area contributed by atoms with Gasteiger partial charge in [0.05, 0.1) is 5.69 Å². The molecule has 1 aliphatic carbocycles. The van der Waals surface area contributed by atoms with Crippen LogP contribution in [0.2, 0.25) is 0 Å². The Morgan fingerprint density at radius 3 is 2.60 bits per heavy atom. The highest BCUT2D eigenvalue weighted by Crippen LogP contribution is 2.28. The Hall–Kier alpha value is -2.21. The molecule has 1 saturated heterocycles. The average Bonchev–Trinajstić information content (AvgIpc) is 3.35. The second-order valence-electron chi connectivity index (χ2n) is 7.09. The third-order valence-corrected chi connectivity index (χ3v) is 5.12. The van der Waals surface area contributed by atoms with Crippen molar-refractivity contribution >= 4 is 5.91 Å². The zero-order valence-corrected chi connectivity index (χ0v) is 14.2. The van der Waals surface area contributed by atoms with Gasteiger partial charge in [-0.15, -0.1) is 0 Å². The zero-order chi connectivity index (χ0) is 17.2. The van der Waals surface area contributed by atoms with Crippen LogP contribution in [0.1, 0.15) is 36.2 Å². The van der Waals surface area contributed by atoms with Crippen molar-refractivity contribution in [1.29, 1.82) is 0 Å². The maximum absolute atomic E-state index is 13.0. The molecule has 2 fully saturated rings. The second-order valence-corrected chi connectivity index (χ2v) is 7.09. The van der Waals surface area contributed by atoms with Crippen LogP contribution in [0.15, 0.2) is 30.3 Å². The van der Waals surface area contributed by atoms with E-state index in [1.54, 1.807) is 18.2 Å². The van der Waals surface area contributed by atoms with E-state index in [0.29, 0.717) is 17.4 Å². The van der Waals surface area contributed by atoms with Crippen LogP contribution in [0.3, 0.4) is 0 Å². The van der Waals surface area contributed by atoms with Gasteiger partial charge in [0.1, 0.15) is 11.5 Å². The average molecular weight is 342 g/mol. The lowest BCUT2D eigenvalue weighted by molar-refractivity contribution is 0.0699. The zero-order valence-electron chi connectivity index (χ0n) is 14.2. The lowest BCUT2D eigenvalue weighted by atomic mass is 10.0. The SMILES string of the molecule is O=C(c1cc(-c2ccc(F)cc2)n[nH]1)N1CCC(NCC2CC2)CC1. The Balaban J connectivity index is 1.34. The molecule has 1 saturated carbocycles. The van der Waals surface area contributed by atoms with Gasteiger partial charge in [-0.3, -0.25) is 9.89 Å². The molecule has 0 unspecified atom stereocenters. The van der Waals surface area contributed by atoms with E-state index in [-0.39, 0.29) is 11.7 Å². The van der Waals surface area contributed by atoms with Crippen molar-refractivity contribution in [3.63, 3.8) is 0 Å². The van der Waals surface area contributed by atoms with E-state index >= 15 is 0 Å². The lowest BCUT2D eigenvalue weighted by Crippen LogP contribution is -2.45. The number of halogens is 1. The summed E-state index contributed by atoms with van der Waals surface area (Å²) >= 11 is 0. The molecule has 2 aromatic rings. The van der Waals surface area contributed by atoms with Crippen molar-refractivity contribution in [3.05, 3.63) is 41.8 Å². The van der Waals surface area contributed by atoms with Crippen molar-refractivity contribution in [2.24, 2.45) is 5.92 Å². The standard InChI is InChI=1S/C19H23FN4O/c20-15-5-3-14(4-6-15)17-11-18(23-22-17)19(25)24-9-7-16(8-10-24)21-12-13-1-2-13/h3-6,11,13,16,21H,1-2,7-10,12H2,(H,22,23). The molecule has 25 heavy (non-hydrogen) atoms. The van der Waals surface area contributed by atoms with Crippen LogP contribution in [0.25, 0.3) is 11.3 Å². The number of piperidine rings is 1. The summed E-state index contributed by atoms with van der Waals surface area (Å²) in [6.45, 7) is 2.67. The first-order valence-corrected chi connectivity index (χ1v) is 9.03. The molecule has 2 N–H and O–H groups in total. The molecule has 0 bridgehead atoms. The van der Waals surface area contributed by atoms with E-state index in [4.69, 9.17) is 0 Å². The first-order chi connectivity index (χ1) is 12.2. The normalized spacial score (nSPS) is 18.5. The van der Waals surface area contributed by atoms with Gasteiger partial charge < -0.3 is 10.2 Å². The number of amides is 1. The summed E-state index contributed by atoms with van der Waals surface area (Å²) in [5.74, 6) is 0.588. The summed E-state index contributed by atoms with van der Waals surface area (Å²) in [4.78, 5) is 14.5. The molecular weight excluding hydrogens is 319 g/mol. The number of benzene rings is 1. The Bertz CT molecular complexity index is 730. The fourth-order valence-electron chi connectivity index (χ4n) is 3.31. The predicted molar refractivity (Wildman–Crippen MR) is 93.6 cm³/mol. The molecule has 5 nitrogen and oxygen atoms in total. The molecule has 132 valence electrons. The first-order valence-electron chi connectivity index (χ1n) is 9.03. The second kappa shape index (κ2) is 6.96. The maximum atomic E-state index is 13.0. The van der Waals surface area contributed by atoms with E-state index in [9.17, 15) is 9.18 Å². The minimum Gasteiger partial charge on any atom is -0.337 e. The summed E-state index contributed by atoms with van der Waals surface area (Å²) in [6.07, 6.45) is 4.72. The number of carbonyl (C=O) groups excluding carboxylic acids is 1. The highest BCUT2D eigenvalue weighted by Gasteiger charge is 2.27. The number of aromatic amines is 1. The van der Waals surface area contributed by atoms with Crippen LogP contribution >= 0.6 is 0 Å². The molecular formula is C19H23FN4O. The van der Waals surface area contributed by atoms with Gasteiger partial charge in [-0.05, 0) is 68.5 Å². The Labute approximate surface area is 146 Å². The van der Waals surface area contributed by atoms with Gasteiger partial charge in [-0.2, -0.15) is 5.10 Å². The molecule has 0 radical (unpaired) electrons. The summed E-state index contributed by atoms with van der Waals surface area (Å²) in [7, 11) is 0. The highest BCUT2D eigenvalue weighted by molar-refractivity contribution is 5.93. The van der Waals surface area contributed by atoms with Gasteiger partial charge in [0, 0.05) is 24.7 Å². The summed E-state index contributed by atoms with van der Waals surface area (Å²) in [5, 5.41) is 10.6. The number of rotatable bonds is 5. The van der Waals surface area contributed by atoms with Gasteiger partial charge in [-0.25, -0.2) is 4.39 Å². The molecule has 2 heterocycles. The van der Waals surface area contributed by atoms with Crippen molar-refractivity contribution in [3.8, 4) is 11.3 Å². The maximum Gasteiger partial charge on any atom is 0.271 e. The first kappa shape index (κ1) is 16.3. The molecule has 1 aromatic carbocycles. The molecule has 1 aromatic heterocycles. The van der Waals surface area contributed by atoms with E-state index in [0.717, 1.165) is 44.0 Å². The van der Waals surface area contributed by atoms with Crippen LogP contribution in [0, 0.1) is 11.7 Å². The Morgan fingerprint density at radius 1 is 1.20 bits per heavy atom. The third-order valence-electron chi connectivity index (χ3n) is 5.12. The van der Waals surface area contributed by atoms with Crippen molar-refractivity contribution in [2.75, 3.05) is 19.6 Å². The van der Waals surface area contributed by atoms with Gasteiger partial charge in [-0.1, -0.05) is 0 Å². The van der Waals surface area contributed by atoms with Crippen LogP contribution in [0.4, 0.5) is 4.39 Å². The molecule has 4 rings (SSSR count). The number of aromatic nitrogens is 2. The van der Waals surface area contributed by atoms with Gasteiger partial charge in [0.15, 0.2) is 0 Å². The van der Waals surface area contributed by atoms with E-state index < -0.39 is 0 Å². The highest BCUT2D eigenvalue weighted by atomic mass is 19.1. The van der Waals surface area contributed by atoms with Gasteiger partial charge in [0.2, 0.25) is 0 Å². The van der Waals surface area contributed by atoms with Crippen molar-refractivity contribution < 1.29 is 9.18 Å². The van der Waals surface area contributed by atoms with Gasteiger partial charge in [0.25, 0.3) is 5.91 Å². The summed E-state index contributed by atoms with van der Waals surface area (Å²) < 4.78 is 13.0. The van der Waals surface area contributed by atoms with E-state index in [1.807, 2.05) is 4.90 Å². The minimum absolute atomic E-state index is 0.0125. The number of carbonyl (C=O) groups is 1. The molecule has 6 heteroatoms. The topological polar surface area (TPSA) is 61.0 Å². The third kappa shape index (κ3) is 3.90. The fourth-order valence-corrected chi connectivity index (χ4v) is 3.31. The summed E-state index contributed by atoms with van der Waals surface area (Å²) in [6, 6.07) is 8.39. The monoisotopic (exact) mass is 342 g/mol. The number of hydrogen-bond donors (Lipinski definition) is 2. The number of nitrogens with zero attached hydrogens (tertiary/aromatic N) is 2. The van der Waals surface area contributed by atoms with Crippen molar-refractivity contribution in [2.45, 2.75) is 31.7 Å². The molecule has 1 aliphatic heterocycles. The molecule has 2 aliphatic rings. The quantitative estimate of drug-likeness (QED) is 0.878. The number of H-pyrrole nitrogens is 1. The van der Waals surface area contributed by atoms with Crippen LogP contribution in [-0.4, -0.2) is 46.7 Å². The van der Waals surface area contributed by atoms with Crippen LogP contribution in [0.5, 0.6) is 0 Å². The summed E-state index contributed by atoms with van der Waals surface area (Å²) in [5.41, 5.74) is 1.94. The Kier molecular flexibility index (Phi) is 4.53. The van der Waals surface area contributed by atoms with E-state index in [2.05, 4.69) is 15.5 Å². The minimum atomic E-state index is -0.284. The molecule has 0 atom stereocenters. The number of nitrogens with one attached hydrogen (secondary N) is 2. The van der Waals surface area contributed by atoms with E-state index in [1.165, 1.54) is 25.0 Å². The molecule has 1 amide bonds. The van der Waals surface area contributed by atoms with Crippen LogP contribution in [-0.2, 0) is 0 Å². The molecule has 0 spiro atoms. The van der Waals surface area contributed by atoms with Gasteiger partial charge >= 0.3 is 0 Å². The van der Waals surface area contributed by atoms with Crippen molar-refractivity contribution in [1.82, 2.24) is 20.4 Å².